The van der Waals surface area contributed by atoms with Crippen LogP contribution >= 0.6 is 15.9 Å². The second kappa shape index (κ2) is 3.75. The van der Waals surface area contributed by atoms with E-state index in [1.807, 2.05) is 13.0 Å². The predicted octanol–water partition coefficient (Wildman–Crippen LogP) is 2.30. The van der Waals surface area contributed by atoms with Crippen LogP contribution in [0, 0.1) is 6.92 Å². The largest absolute Gasteiger partial charge is 0.477 e. The van der Waals surface area contributed by atoms with Crippen molar-refractivity contribution in [1.29, 1.82) is 0 Å². The van der Waals surface area contributed by atoms with E-state index in [4.69, 9.17) is 5.11 Å². The molecule has 0 aliphatic heterocycles. The zero-order valence-electron chi connectivity index (χ0n) is 8.37. The van der Waals surface area contributed by atoms with Gasteiger partial charge in [0.05, 0.1) is 5.52 Å². The first-order valence-electron chi connectivity index (χ1n) is 4.56. The highest BCUT2D eigenvalue weighted by atomic mass is 79.9. The predicted molar refractivity (Wildman–Crippen MR) is 64.0 cm³/mol. The van der Waals surface area contributed by atoms with Crippen LogP contribution in [0.3, 0.4) is 0 Å². The summed E-state index contributed by atoms with van der Waals surface area (Å²) in [5.41, 5.74) is 1.05. The molecule has 0 aliphatic carbocycles. The van der Waals surface area contributed by atoms with Crippen LogP contribution in [-0.4, -0.2) is 16.1 Å². The molecule has 0 fully saturated rings. The fraction of sp³-hybridized carbons (Fsp3) is 0.0909. The molecule has 0 spiro atoms. The number of aromatic amines is 1. The number of hydrogen-bond donors (Lipinski definition) is 2. The number of hydrogen-bond acceptors (Lipinski definition) is 2. The van der Waals surface area contributed by atoms with Gasteiger partial charge in [-0.05, 0) is 34.5 Å². The van der Waals surface area contributed by atoms with Crippen LogP contribution in [0.4, 0.5) is 0 Å². The van der Waals surface area contributed by atoms with Crippen LogP contribution in [0.5, 0.6) is 0 Å². The Hall–Kier alpha value is -1.62. The monoisotopic (exact) mass is 281 g/mol. The summed E-state index contributed by atoms with van der Waals surface area (Å²) in [6.45, 7) is 1.87. The molecule has 16 heavy (non-hydrogen) atoms. The van der Waals surface area contributed by atoms with Crippen LogP contribution < -0.4 is 5.43 Å². The van der Waals surface area contributed by atoms with Gasteiger partial charge in [0.2, 0.25) is 0 Å². The molecule has 4 nitrogen and oxygen atoms in total. The highest BCUT2D eigenvalue weighted by Crippen LogP contribution is 2.24. The standard InChI is InChI=1S/C11H8BrNO3/c1-5-2-3-6-8(14)4-7(11(15)16)13-10(6)9(5)12/h2-4H,1H3,(H,13,14)(H,15,16). The number of aryl methyl sites for hydroxylation is 1. The molecule has 0 radical (unpaired) electrons. The topological polar surface area (TPSA) is 70.2 Å². The number of rotatable bonds is 1. The molecule has 1 heterocycles. The second-order valence-electron chi connectivity index (χ2n) is 3.47. The number of aromatic carboxylic acids is 1. The minimum absolute atomic E-state index is 0.108. The van der Waals surface area contributed by atoms with Crippen LogP contribution in [0.25, 0.3) is 10.9 Å². The van der Waals surface area contributed by atoms with Crippen molar-refractivity contribution in [2.24, 2.45) is 0 Å². The quantitative estimate of drug-likeness (QED) is 0.843. The van der Waals surface area contributed by atoms with Crippen molar-refractivity contribution in [2.45, 2.75) is 6.92 Å². The number of pyridine rings is 1. The van der Waals surface area contributed by atoms with Gasteiger partial charge in [-0.3, -0.25) is 4.79 Å². The first-order valence-corrected chi connectivity index (χ1v) is 5.35. The normalized spacial score (nSPS) is 10.6. The highest BCUT2D eigenvalue weighted by molar-refractivity contribution is 9.10. The lowest BCUT2D eigenvalue weighted by Gasteiger charge is -2.05. The van der Waals surface area contributed by atoms with E-state index in [0.717, 1.165) is 11.6 Å². The zero-order chi connectivity index (χ0) is 11.9. The summed E-state index contributed by atoms with van der Waals surface area (Å²) >= 11 is 3.34. The van der Waals surface area contributed by atoms with Gasteiger partial charge in [0.1, 0.15) is 5.69 Å². The molecule has 1 aromatic heterocycles. The Kier molecular flexibility index (Phi) is 2.55. The fourth-order valence-corrected chi connectivity index (χ4v) is 1.95. The van der Waals surface area contributed by atoms with E-state index in [1.165, 1.54) is 0 Å². The maximum atomic E-state index is 11.7. The number of fused-ring (bicyclic) bond motifs is 1. The molecule has 5 heteroatoms. The molecule has 82 valence electrons. The Morgan fingerprint density at radius 1 is 1.44 bits per heavy atom. The second-order valence-corrected chi connectivity index (χ2v) is 4.26. The molecule has 0 bridgehead atoms. The molecule has 0 saturated heterocycles. The summed E-state index contributed by atoms with van der Waals surface area (Å²) in [7, 11) is 0. The molecular formula is C11H8BrNO3. The van der Waals surface area contributed by atoms with Gasteiger partial charge in [-0.1, -0.05) is 6.07 Å². The molecule has 0 amide bonds. The number of benzene rings is 1. The van der Waals surface area contributed by atoms with Gasteiger partial charge in [0.15, 0.2) is 5.43 Å². The smallest absolute Gasteiger partial charge is 0.352 e. The number of halogens is 1. The molecule has 0 saturated carbocycles. The van der Waals surface area contributed by atoms with E-state index >= 15 is 0 Å². The average molecular weight is 282 g/mol. The summed E-state index contributed by atoms with van der Waals surface area (Å²) in [4.78, 5) is 25.2. The first-order chi connectivity index (χ1) is 7.50. The van der Waals surface area contributed by atoms with Crippen LogP contribution in [0.1, 0.15) is 16.1 Å². The Morgan fingerprint density at radius 2 is 2.12 bits per heavy atom. The maximum absolute atomic E-state index is 11.7. The summed E-state index contributed by atoms with van der Waals surface area (Å²) in [5, 5.41) is 9.32. The number of carboxylic acids is 1. The first kappa shape index (κ1) is 10.9. The van der Waals surface area contributed by atoms with Crippen LogP contribution in [-0.2, 0) is 0 Å². The molecule has 2 aromatic rings. The summed E-state index contributed by atoms with van der Waals surface area (Å²) in [6, 6.07) is 4.58. The van der Waals surface area contributed by atoms with E-state index in [-0.39, 0.29) is 11.1 Å². The summed E-state index contributed by atoms with van der Waals surface area (Å²) in [5.74, 6) is -1.15. The fourth-order valence-electron chi connectivity index (χ4n) is 1.50. The van der Waals surface area contributed by atoms with Gasteiger partial charge < -0.3 is 10.1 Å². The molecule has 2 N–H and O–H groups in total. The number of aromatic nitrogens is 1. The molecule has 0 unspecified atom stereocenters. The van der Waals surface area contributed by atoms with Crippen molar-refractivity contribution in [3.8, 4) is 0 Å². The molecule has 0 atom stereocenters. The number of carbonyl (C=O) groups is 1. The lowest BCUT2D eigenvalue weighted by atomic mass is 10.1. The van der Waals surface area contributed by atoms with E-state index in [0.29, 0.717) is 15.4 Å². The van der Waals surface area contributed by atoms with E-state index in [2.05, 4.69) is 20.9 Å². The molecular weight excluding hydrogens is 274 g/mol. The van der Waals surface area contributed by atoms with Crippen molar-refractivity contribution < 1.29 is 9.90 Å². The van der Waals surface area contributed by atoms with Gasteiger partial charge in [-0.25, -0.2) is 4.79 Å². The molecule has 0 aliphatic rings. The Balaban J connectivity index is 2.94. The third-order valence-corrected chi connectivity index (χ3v) is 3.39. The van der Waals surface area contributed by atoms with E-state index < -0.39 is 5.97 Å². The minimum Gasteiger partial charge on any atom is -0.477 e. The van der Waals surface area contributed by atoms with E-state index in [9.17, 15) is 9.59 Å². The average Bonchev–Trinajstić information content (AvgIpc) is 2.23. The van der Waals surface area contributed by atoms with Crippen molar-refractivity contribution >= 4 is 32.8 Å². The Bertz CT molecular complexity index is 645. The van der Waals surface area contributed by atoms with Gasteiger partial charge in [-0.2, -0.15) is 0 Å². The summed E-state index contributed by atoms with van der Waals surface area (Å²) in [6.07, 6.45) is 0. The van der Waals surface area contributed by atoms with Crippen molar-refractivity contribution in [3.63, 3.8) is 0 Å². The van der Waals surface area contributed by atoms with Gasteiger partial charge in [0.25, 0.3) is 0 Å². The molecule has 2 rings (SSSR count). The van der Waals surface area contributed by atoms with Gasteiger partial charge >= 0.3 is 5.97 Å². The Labute approximate surface area is 99.0 Å². The van der Waals surface area contributed by atoms with Crippen molar-refractivity contribution in [1.82, 2.24) is 4.98 Å². The Morgan fingerprint density at radius 3 is 2.75 bits per heavy atom. The lowest BCUT2D eigenvalue weighted by molar-refractivity contribution is 0.0691. The lowest BCUT2D eigenvalue weighted by Crippen LogP contribution is -2.09. The van der Waals surface area contributed by atoms with E-state index in [1.54, 1.807) is 6.07 Å². The van der Waals surface area contributed by atoms with Crippen LogP contribution in [0.2, 0.25) is 0 Å². The molecule has 1 aromatic carbocycles. The number of H-pyrrole nitrogens is 1. The maximum Gasteiger partial charge on any atom is 0.352 e. The highest BCUT2D eigenvalue weighted by Gasteiger charge is 2.10. The van der Waals surface area contributed by atoms with Gasteiger partial charge in [0, 0.05) is 15.9 Å². The van der Waals surface area contributed by atoms with Gasteiger partial charge in [-0.15, -0.1) is 0 Å². The third kappa shape index (κ3) is 1.63. The van der Waals surface area contributed by atoms with Crippen LogP contribution in [0.15, 0.2) is 27.5 Å². The SMILES string of the molecule is Cc1ccc2c(=O)cc(C(=O)O)[nH]c2c1Br. The number of nitrogens with one attached hydrogen (secondary N) is 1. The number of carboxylic acid groups (broad SMARTS) is 1. The minimum atomic E-state index is -1.15. The third-order valence-electron chi connectivity index (χ3n) is 2.37. The zero-order valence-corrected chi connectivity index (χ0v) is 9.96. The van der Waals surface area contributed by atoms with Crippen molar-refractivity contribution in [3.05, 3.63) is 44.2 Å². The van der Waals surface area contributed by atoms with Crippen molar-refractivity contribution in [2.75, 3.05) is 0 Å². The summed E-state index contributed by atoms with van der Waals surface area (Å²) < 4.78 is 0.713.